The summed E-state index contributed by atoms with van der Waals surface area (Å²) >= 11 is 0. The van der Waals surface area contributed by atoms with Crippen LogP contribution in [0.25, 0.3) is 0 Å². The Morgan fingerprint density at radius 2 is 2.11 bits per heavy atom. The largest absolute Gasteiger partial charge is 0.375 e. The Hall–Kier alpha value is -0.650. The normalized spacial score (nSPS) is 32.4. The summed E-state index contributed by atoms with van der Waals surface area (Å²) in [6.45, 7) is 5.77. The highest BCUT2D eigenvalue weighted by molar-refractivity contribution is 5.78. The van der Waals surface area contributed by atoms with Gasteiger partial charge in [0.15, 0.2) is 0 Å². The fraction of sp³-hybridized carbons (Fsp3) is 0.923. The van der Waals surface area contributed by atoms with E-state index in [1.807, 2.05) is 6.92 Å². The number of nitrogens with two attached hydrogens (primary N) is 1. The van der Waals surface area contributed by atoms with Gasteiger partial charge in [0.25, 0.3) is 0 Å². The van der Waals surface area contributed by atoms with Crippen LogP contribution in [0, 0.1) is 5.92 Å². The maximum absolute atomic E-state index is 11.7. The highest BCUT2D eigenvalue weighted by Crippen LogP contribution is 2.31. The fourth-order valence-corrected chi connectivity index (χ4v) is 3.27. The van der Waals surface area contributed by atoms with Crippen LogP contribution in [0.15, 0.2) is 0 Å². The van der Waals surface area contributed by atoms with Crippen LogP contribution in [0.1, 0.15) is 39.5 Å². The lowest BCUT2D eigenvalue weighted by atomic mass is 9.87. The zero-order valence-electron chi connectivity index (χ0n) is 11.4. The van der Waals surface area contributed by atoms with Crippen LogP contribution in [-0.2, 0) is 9.53 Å². The Kier molecular flexibility index (Phi) is 4.59. The van der Waals surface area contributed by atoms with Gasteiger partial charge in [0.05, 0.1) is 18.6 Å². The van der Waals surface area contributed by atoms with Crippen LogP contribution >= 0.6 is 0 Å². The van der Waals surface area contributed by atoms with Crippen LogP contribution in [0.4, 0.5) is 0 Å². The second-order valence-corrected chi connectivity index (χ2v) is 5.54. The van der Waals surface area contributed by atoms with Crippen LogP contribution in [0.2, 0.25) is 0 Å². The first kappa shape index (κ1) is 13.8. The first-order valence-corrected chi connectivity index (χ1v) is 7.03. The van der Waals surface area contributed by atoms with E-state index >= 15 is 0 Å². The van der Waals surface area contributed by atoms with E-state index in [9.17, 15) is 4.79 Å². The van der Waals surface area contributed by atoms with Gasteiger partial charge >= 0.3 is 0 Å². The van der Waals surface area contributed by atoms with Crippen LogP contribution < -0.4 is 11.3 Å². The van der Waals surface area contributed by atoms with E-state index in [2.05, 4.69) is 17.2 Å². The second kappa shape index (κ2) is 5.99. The van der Waals surface area contributed by atoms with E-state index < -0.39 is 0 Å². The average Bonchev–Trinajstić information content (AvgIpc) is 2.44. The molecule has 4 atom stereocenters. The summed E-state index contributed by atoms with van der Waals surface area (Å²) in [6, 6.07) is 0.693. The van der Waals surface area contributed by atoms with Gasteiger partial charge in [0.2, 0.25) is 5.91 Å². The summed E-state index contributed by atoms with van der Waals surface area (Å²) in [6.07, 6.45) is 5.24. The summed E-state index contributed by atoms with van der Waals surface area (Å²) in [5.41, 5.74) is 2.26. The minimum Gasteiger partial charge on any atom is -0.375 e. The van der Waals surface area contributed by atoms with Crippen LogP contribution in [-0.4, -0.2) is 42.1 Å². The monoisotopic (exact) mass is 255 g/mol. The average molecular weight is 255 g/mol. The van der Waals surface area contributed by atoms with Crippen molar-refractivity contribution in [2.24, 2.45) is 11.8 Å². The molecule has 0 spiro atoms. The van der Waals surface area contributed by atoms with E-state index in [0.29, 0.717) is 12.1 Å². The lowest BCUT2D eigenvalue weighted by molar-refractivity contribution is -0.133. The van der Waals surface area contributed by atoms with Gasteiger partial charge in [0.1, 0.15) is 0 Å². The van der Waals surface area contributed by atoms with Crippen molar-refractivity contribution >= 4 is 5.91 Å². The number of hydrogen-bond donors (Lipinski definition) is 2. The van der Waals surface area contributed by atoms with Gasteiger partial charge in [-0.15, -0.1) is 0 Å². The molecule has 5 heteroatoms. The van der Waals surface area contributed by atoms with Crippen molar-refractivity contribution in [3.63, 3.8) is 0 Å². The second-order valence-electron chi connectivity index (χ2n) is 5.54. The predicted octanol–water partition coefficient (Wildman–Crippen LogP) is 0.644. The third-order valence-electron chi connectivity index (χ3n) is 4.58. The summed E-state index contributed by atoms with van der Waals surface area (Å²) in [7, 11) is 0. The van der Waals surface area contributed by atoms with Gasteiger partial charge in [-0.25, -0.2) is 5.84 Å². The Morgan fingerprint density at radius 1 is 1.39 bits per heavy atom. The van der Waals surface area contributed by atoms with Gasteiger partial charge in [-0.3, -0.25) is 15.1 Å². The van der Waals surface area contributed by atoms with Gasteiger partial charge in [0, 0.05) is 18.6 Å². The third kappa shape index (κ3) is 2.68. The van der Waals surface area contributed by atoms with E-state index in [0.717, 1.165) is 19.6 Å². The van der Waals surface area contributed by atoms with Crippen molar-refractivity contribution in [3.05, 3.63) is 0 Å². The zero-order valence-corrected chi connectivity index (χ0v) is 11.4. The molecule has 0 bridgehead atoms. The first-order chi connectivity index (χ1) is 8.65. The number of carbonyl (C=O) groups excluding carboxylic acids is 1. The van der Waals surface area contributed by atoms with Crippen molar-refractivity contribution in [1.82, 2.24) is 10.3 Å². The van der Waals surface area contributed by atoms with Gasteiger partial charge in [-0.2, -0.15) is 0 Å². The number of amides is 1. The van der Waals surface area contributed by atoms with Crippen molar-refractivity contribution in [3.8, 4) is 0 Å². The summed E-state index contributed by atoms with van der Waals surface area (Å²) < 4.78 is 5.86. The number of fused-ring (bicyclic) bond motifs is 1. The topological polar surface area (TPSA) is 67.6 Å². The number of ether oxygens (including phenoxy) is 1. The maximum atomic E-state index is 11.7. The Bertz CT molecular complexity index is 296. The number of hydrogen-bond acceptors (Lipinski definition) is 4. The molecule has 1 aliphatic carbocycles. The maximum Gasteiger partial charge on any atom is 0.238 e. The molecule has 2 aliphatic rings. The number of nitrogens with zero attached hydrogens (tertiary/aromatic N) is 1. The number of rotatable bonds is 3. The van der Waals surface area contributed by atoms with Crippen molar-refractivity contribution in [2.45, 2.75) is 57.7 Å². The molecule has 1 saturated carbocycles. The molecule has 1 heterocycles. The van der Waals surface area contributed by atoms with Gasteiger partial charge in [-0.05, 0) is 19.8 Å². The zero-order chi connectivity index (χ0) is 13.1. The van der Waals surface area contributed by atoms with Gasteiger partial charge < -0.3 is 4.74 Å². The highest BCUT2D eigenvalue weighted by Gasteiger charge is 2.38. The molecule has 18 heavy (non-hydrogen) atoms. The quantitative estimate of drug-likeness (QED) is 0.441. The van der Waals surface area contributed by atoms with Crippen molar-refractivity contribution in [2.75, 3.05) is 13.2 Å². The number of carbonyl (C=O) groups is 1. The molecule has 0 aromatic rings. The molecule has 1 aliphatic heterocycles. The molecule has 4 unspecified atom stereocenters. The molecular weight excluding hydrogens is 230 g/mol. The summed E-state index contributed by atoms with van der Waals surface area (Å²) in [5.74, 6) is 5.06. The molecule has 0 aromatic heterocycles. The molecule has 2 fully saturated rings. The predicted molar refractivity (Wildman–Crippen MR) is 69.7 cm³/mol. The number of nitrogens with one attached hydrogen (secondary N) is 1. The summed E-state index contributed by atoms with van der Waals surface area (Å²) in [5, 5.41) is 0. The first-order valence-electron chi connectivity index (χ1n) is 7.03. The molecule has 3 N–H and O–H groups in total. The lowest BCUT2D eigenvalue weighted by Crippen LogP contribution is -2.58. The molecule has 0 radical (unpaired) electrons. The Labute approximate surface area is 109 Å². The third-order valence-corrected chi connectivity index (χ3v) is 4.58. The van der Waals surface area contributed by atoms with Crippen LogP contribution in [0.5, 0.6) is 0 Å². The minimum atomic E-state index is -0.0873. The van der Waals surface area contributed by atoms with E-state index in [-0.39, 0.29) is 17.9 Å². The number of hydrazine groups is 1. The fourth-order valence-electron chi connectivity index (χ4n) is 3.27. The lowest BCUT2D eigenvalue weighted by Gasteiger charge is -2.47. The van der Waals surface area contributed by atoms with Crippen molar-refractivity contribution in [1.29, 1.82) is 0 Å². The molecule has 104 valence electrons. The molecule has 0 aromatic carbocycles. The Morgan fingerprint density at radius 3 is 2.83 bits per heavy atom. The van der Waals surface area contributed by atoms with Gasteiger partial charge in [-0.1, -0.05) is 19.8 Å². The minimum absolute atomic E-state index is 0.0821. The highest BCUT2D eigenvalue weighted by atomic mass is 16.5. The van der Waals surface area contributed by atoms with E-state index in [4.69, 9.17) is 10.6 Å². The number of morpholine rings is 1. The van der Waals surface area contributed by atoms with E-state index in [1.165, 1.54) is 19.3 Å². The van der Waals surface area contributed by atoms with E-state index in [1.54, 1.807) is 0 Å². The SMILES string of the molecule is CC(C(=O)NN)C(C)N1CCOC2CCCCC21. The molecular formula is C13H25N3O2. The summed E-state index contributed by atoms with van der Waals surface area (Å²) in [4.78, 5) is 14.1. The molecule has 5 nitrogen and oxygen atoms in total. The Balaban J connectivity index is 2.03. The standard InChI is InChI=1S/C13H25N3O2/c1-9(13(17)15-14)10(2)16-7-8-18-12-6-4-3-5-11(12)16/h9-12H,3-8,14H2,1-2H3,(H,15,17). The molecule has 1 amide bonds. The van der Waals surface area contributed by atoms with Crippen LogP contribution in [0.3, 0.4) is 0 Å². The smallest absolute Gasteiger partial charge is 0.238 e. The molecule has 2 rings (SSSR count). The molecule has 1 saturated heterocycles. The van der Waals surface area contributed by atoms with Crippen molar-refractivity contribution < 1.29 is 9.53 Å².